The van der Waals surface area contributed by atoms with Crippen molar-refractivity contribution in [2.24, 2.45) is 23.7 Å². The van der Waals surface area contributed by atoms with Gasteiger partial charge in [0.05, 0.1) is 0 Å². The largest absolute Gasteiger partial charge is 0.0885 e. The fourth-order valence-corrected chi connectivity index (χ4v) is 4.40. The Morgan fingerprint density at radius 3 is 1.57 bits per heavy atom. The monoisotopic (exact) mass is 288 g/mol. The second-order valence-electron chi connectivity index (χ2n) is 7.40. The number of allylic oxidation sites excluding steroid dienone is 4. The van der Waals surface area contributed by atoms with Crippen molar-refractivity contribution >= 4 is 0 Å². The fourth-order valence-electron chi connectivity index (χ4n) is 4.40. The highest BCUT2D eigenvalue weighted by molar-refractivity contribution is 4.94. The quantitative estimate of drug-likeness (QED) is 0.465. The summed E-state index contributed by atoms with van der Waals surface area (Å²) in [5.41, 5.74) is 0. The second-order valence-corrected chi connectivity index (χ2v) is 7.40. The molecule has 120 valence electrons. The number of unbranched alkanes of at least 4 members (excludes halogenated alkanes) is 1. The zero-order chi connectivity index (χ0) is 14.9. The van der Waals surface area contributed by atoms with Gasteiger partial charge in [0, 0.05) is 0 Å². The summed E-state index contributed by atoms with van der Waals surface area (Å²) in [7, 11) is 0. The predicted molar refractivity (Wildman–Crippen MR) is 94.4 cm³/mol. The molecule has 0 bridgehead atoms. The highest BCUT2D eigenvalue weighted by atomic mass is 14.3. The standard InChI is InChI=1S/C21H36/c1-3-5-7-9-19-12-16-21(17-13-19)20-14-10-18(11-15-20)8-6-4-2/h6-9,18-21H,3-5,10-17H2,1-2H3. The first-order chi connectivity index (χ1) is 10.3. The van der Waals surface area contributed by atoms with E-state index in [0.717, 1.165) is 23.7 Å². The van der Waals surface area contributed by atoms with Crippen molar-refractivity contribution in [2.75, 3.05) is 0 Å². The lowest BCUT2D eigenvalue weighted by atomic mass is 9.69. The number of hydrogen-bond donors (Lipinski definition) is 0. The SMILES string of the molecule is CCC=CC1CCC(C2CCC(C=CCCC)CC2)CC1. The summed E-state index contributed by atoms with van der Waals surface area (Å²) in [6.07, 6.45) is 25.4. The van der Waals surface area contributed by atoms with Crippen molar-refractivity contribution in [1.29, 1.82) is 0 Å². The van der Waals surface area contributed by atoms with Crippen LogP contribution in [0.3, 0.4) is 0 Å². The summed E-state index contributed by atoms with van der Waals surface area (Å²) in [5.74, 6) is 3.90. The Balaban J connectivity index is 1.68. The van der Waals surface area contributed by atoms with Gasteiger partial charge in [0.2, 0.25) is 0 Å². The van der Waals surface area contributed by atoms with E-state index >= 15 is 0 Å². The molecule has 2 aliphatic carbocycles. The van der Waals surface area contributed by atoms with Crippen molar-refractivity contribution in [3.63, 3.8) is 0 Å². The van der Waals surface area contributed by atoms with Crippen LogP contribution in [-0.4, -0.2) is 0 Å². The van der Waals surface area contributed by atoms with Crippen LogP contribution in [0.25, 0.3) is 0 Å². The third-order valence-electron chi connectivity index (χ3n) is 5.81. The van der Waals surface area contributed by atoms with E-state index in [0.29, 0.717) is 0 Å². The summed E-state index contributed by atoms with van der Waals surface area (Å²) in [4.78, 5) is 0. The molecular formula is C21H36. The topological polar surface area (TPSA) is 0 Å². The van der Waals surface area contributed by atoms with Crippen LogP contribution in [-0.2, 0) is 0 Å². The van der Waals surface area contributed by atoms with Crippen LogP contribution in [0.4, 0.5) is 0 Å². The van der Waals surface area contributed by atoms with Crippen molar-refractivity contribution in [2.45, 2.75) is 84.5 Å². The van der Waals surface area contributed by atoms with Crippen LogP contribution in [0, 0.1) is 23.7 Å². The van der Waals surface area contributed by atoms with Gasteiger partial charge in [-0.15, -0.1) is 0 Å². The molecule has 0 amide bonds. The van der Waals surface area contributed by atoms with Crippen molar-refractivity contribution in [1.82, 2.24) is 0 Å². The summed E-state index contributed by atoms with van der Waals surface area (Å²) < 4.78 is 0. The zero-order valence-corrected chi connectivity index (χ0v) is 14.4. The molecule has 0 spiro atoms. The van der Waals surface area contributed by atoms with E-state index < -0.39 is 0 Å². The molecule has 0 heterocycles. The summed E-state index contributed by atoms with van der Waals surface area (Å²) in [5, 5.41) is 0. The number of rotatable bonds is 6. The van der Waals surface area contributed by atoms with Crippen LogP contribution < -0.4 is 0 Å². The Labute approximate surface area is 133 Å². The molecule has 0 N–H and O–H groups in total. The summed E-state index contributed by atoms with van der Waals surface area (Å²) in [6.45, 7) is 4.52. The maximum absolute atomic E-state index is 2.52. The molecule has 0 atom stereocenters. The maximum atomic E-state index is 2.52. The van der Waals surface area contributed by atoms with E-state index in [-0.39, 0.29) is 0 Å². The van der Waals surface area contributed by atoms with Crippen LogP contribution >= 0.6 is 0 Å². The fraction of sp³-hybridized carbons (Fsp3) is 0.810. The van der Waals surface area contributed by atoms with E-state index in [1.54, 1.807) is 0 Å². The van der Waals surface area contributed by atoms with Gasteiger partial charge in [-0.25, -0.2) is 0 Å². The van der Waals surface area contributed by atoms with Crippen LogP contribution in [0.1, 0.15) is 84.5 Å². The van der Waals surface area contributed by atoms with Gasteiger partial charge in [0.25, 0.3) is 0 Å². The van der Waals surface area contributed by atoms with Crippen molar-refractivity contribution in [3.8, 4) is 0 Å². The van der Waals surface area contributed by atoms with Gasteiger partial charge in [-0.05, 0) is 87.9 Å². The van der Waals surface area contributed by atoms with E-state index in [4.69, 9.17) is 0 Å². The molecule has 0 heteroatoms. The Hall–Kier alpha value is -0.520. The third-order valence-corrected chi connectivity index (χ3v) is 5.81. The first kappa shape index (κ1) is 16.8. The minimum Gasteiger partial charge on any atom is -0.0885 e. The smallest absolute Gasteiger partial charge is 0.0233 e. The Kier molecular flexibility index (Phi) is 7.61. The molecule has 21 heavy (non-hydrogen) atoms. The normalized spacial score (nSPS) is 34.8. The van der Waals surface area contributed by atoms with Gasteiger partial charge >= 0.3 is 0 Å². The lowest BCUT2D eigenvalue weighted by molar-refractivity contribution is 0.166. The minimum atomic E-state index is 0.898. The molecule has 0 unspecified atom stereocenters. The average molecular weight is 289 g/mol. The minimum absolute atomic E-state index is 0.898. The molecule has 0 nitrogen and oxygen atoms in total. The molecule has 0 aromatic heterocycles. The molecule has 0 aromatic rings. The van der Waals surface area contributed by atoms with E-state index in [1.807, 2.05) is 0 Å². The maximum Gasteiger partial charge on any atom is -0.0233 e. The molecule has 0 aliphatic heterocycles. The lowest BCUT2D eigenvalue weighted by Crippen LogP contribution is -2.25. The molecule has 0 aromatic carbocycles. The second kappa shape index (κ2) is 9.49. The molecule has 2 saturated carbocycles. The van der Waals surface area contributed by atoms with Gasteiger partial charge in [-0.2, -0.15) is 0 Å². The van der Waals surface area contributed by atoms with Gasteiger partial charge in [-0.3, -0.25) is 0 Å². The number of hydrogen-bond acceptors (Lipinski definition) is 0. The van der Waals surface area contributed by atoms with Crippen LogP contribution in [0.15, 0.2) is 24.3 Å². The van der Waals surface area contributed by atoms with Crippen molar-refractivity contribution in [3.05, 3.63) is 24.3 Å². The van der Waals surface area contributed by atoms with Crippen molar-refractivity contribution < 1.29 is 0 Å². The first-order valence-electron chi connectivity index (χ1n) is 9.66. The van der Waals surface area contributed by atoms with Gasteiger partial charge in [0.15, 0.2) is 0 Å². The molecule has 2 aliphatic rings. The van der Waals surface area contributed by atoms with Gasteiger partial charge in [-0.1, -0.05) is 44.6 Å². The Morgan fingerprint density at radius 2 is 1.14 bits per heavy atom. The van der Waals surface area contributed by atoms with E-state index in [2.05, 4.69) is 38.2 Å². The summed E-state index contributed by atoms with van der Waals surface area (Å²) >= 11 is 0. The van der Waals surface area contributed by atoms with Crippen LogP contribution in [0.5, 0.6) is 0 Å². The predicted octanol–water partition coefficient (Wildman–Crippen LogP) is 6.92. The van der Waals surface area contributed by atoms with E-state index in [1.165, 1.54) is 70.6 Å². The molecular weight excluding hydrogens is 252 g/mol. The third kappa shape index (κ3) is 5.64. The molecule has 0 saturated heterocycles. The van der Waals surface area contributed by atoms with E-state index in [9.17, 15) is 0 Å². The average Bonchev–Trinajstić information content (AvgIpc) is 2.54. The van der Waals surface area contributed by atoms with Gasteiger partial charge in [0.1, 0.15) is 0 Å². The lowest BCUT2D eigenvalue weighted by Gasteiger charge is -2.37. The molecule has 2 rings (SSSR count). The Bertz CT molecular complexity index is 309. The molecule has 0 radical (unpaired) electrons. The Morgan fingerprint density at radius 1 is 0.667 bits per heavy atom. The molecule has 2 fully saturated rings. The first-order valence-corrected chi connectivity index (χ1v) is 9.66. The van der Waals surface area contributed by atoms with Gasteiger partial charge < -0.3 is 0 Å². The highest BCUT2D eigenvalue weighted by Gasteiger charge is 2.29. The highest BCUT2D eigenvalue weighted by Crippen LogP contribution is 2.41. The zero-order valence-electron chi connectivity index (χ0n) is 14.4. The summed E-state index contributed by atoms with van der Waals surface area (Å²) in [6, 6.07) is 0. The van der Waals surface area contributed by atoms with Crippen LogP contribution in [0.2, 0.25) is 0 Å².